The molecule has 2 aliphatic carbocycles. The molecule has 0 aliphatic heterocycles. The standard InChI is InChI=1S/C13H16O/c14-13-4-2-1-3-11(13)12-8-9-5-6-10(12)7-9/h1-4,9-10,12,14H,5-8H2/t9-,10+,12+/m0/s1. The first-order valence-electron chi connectivity index (χ1n) is 5.62. The summed E-state index contributed by atoms with van der Waals surface area (Å²) in [6, 6.07) is 7.87. The fourth-order valence-electron chi connectivity index (χ4n) is 3.43. The van der Waals surface area contributed by atoms with Crippen molar-refractivity contribution in [3.05, 3.63) is 29.8 Å². The van der Waals surface area contributed by atoms with Crippen LogP contribution in [0.2, 0.25) is 0 Å². The van der Waals surface area contributed by atoms with Crippen molar-refractivity contribution in [2.45, 2.75) is 31.6 Å². The quantitative estimate of drug-likeness (QED) is 0.717. The van der Waals surface area contributed by atoms with Crippen LogP contribution in [0.3, 0.4) is 0 Å². The third-order valence-electron chi connectivity index (χ3n) is 4.07. The number of phenolic OH excluding ortho intramolecular Hbond substituents is 1. The van der Waals surface area contributed by atoms with Gasteiger partial charge in [-0.2, -0.15) is 0 Å². The molecule has 0 aromatic heterocycles. The van der Waals surface area contributed by atoms with Gasteiger partial charge in [-0.15, -0.1) is 0 Å². The van der Waals surface area contributed by atoms with Crippen molar-refractivity contribution >= 4 is 0 Å². The van der Waals surface area contributed by atoms with Crippen LogP contribution in [0, 0.1) is 11.8 Å². The Balaban J connectivity index is 1.93. The number of benzene rings is 1. The van der Waals surface area contributed by atoms with Crippen LogP contribution in [0.4, 0.5) is 0 Å². The number of phenols is 1. The molecule has 1 heteroatoms. The molecule has 2 aliphatic rings. The Kier molecular flexibility index (Phi) is 1.79. The van der Waals surface area contributed by atoms with E-state index in [1.165, 1.54) is 31.2 Å². The predicted octanol–water partition coefficient (Wildman–Crippen LogP) is 3.30. The molecule has 3 atom stereocenters. The van der Waals surface area contributed by atoms with Crippen molar-refractivity contribution in [2.75, 3.05) is 0 Å². The Morgan fingerprint density at radius 3 is 2.57 bits per heavy atom. The van der Waals surface area contributed by atoms with E-state index in [9.17, 15) is 5.11 Å². The van der Waals surface area contributed by atoms with Crippen molar-refractivity contribution in [3.63, 3.8) is 0 Å². The van der Waals surface area contributed by atoms with Crippen molar-refractivity contribution in [2.24, 2.45) is 11.8 Å². The van der Waals surface area contributed by atoms with Crippen LogP contribution in [0.1, 0.15) is 37.2 Å². The summed E-state index contributed by atoms with van der Waals surface area (Å²) in [5.41, 5.74) is 1.19. The molecule has 0 radical (unpaired) electrons. The van der Waals surface area contributed by atoms with Gasteiger partial charge in [0.05, 0.1) is 0 Å². The molecule has 0 heterocycles. The first kappa shape index (κ1) is 8.34. The average Bonchev–Trinajstić information content (AvgIpc) is 2.79. The first-order chi connectivity index (χ1) is 6.84. The molecule has 2 fully saturated rings. The van der Waals surface area contributed by atoms with E-state index in [0.717, 1.165) is 11.8 Å². The molecular weight excluding hydrogens is 172 g/mol. The summed E-state index contributed by atoms with van der Waals surface area (Å²) in [7, 11) is 0. The van der Waals surface area contributed by atoms with Crippen LogP contribution in [0.15, 0.2) is 24.3 Å². The first-order valence-corrected chi connectivity index (χ1v) is 5.62. The fourth-order valence-corrected chi connectivity index (χ4v) is 3.43. The van der Waals surface area contributed by atoms with Crippen molar-refractivity contribution in [1.29, 1.82) is 0 Å². The lowest BCUT2D eigenvalue weighted by atomic mass is 9.83. The zero-order chi connectivity index (χ0) is 9.54. The number of hydrogen-bond acceptors (Lipinski definition) is 1. The lowest BCUT2D eigenvalue weighted by Crippen LogP contribution is -2.08. The van der Waals surface area contributed by atoms with Gasteiger partial charge in [0, 0.05) is 0 Å². The molecule has 1 aromatic carbocycles. The SMILES string of the molecule is Oc1ccccc1[C@@H]1C[C@H]2CC[C@@H]1C2. The fraction of sp³-hybridized carbons (Fsp3) is 0.538. The Bertz CT molecular complexity index is 345. The minimum atomic E-state index is 0.505. The molecule has 3 rings (SSSR count). The normalized spacial score (nSPS) is 35.0. The zero-order valence-electron chi connectivity index (χ0n) is 8.32. The molecular formula is C13H16O. The maximum absolute atomic E-state index is 9.80. The molecule has 74 valence electrons. The van der Waals surface area contributed by atoms with Gasteiger partial charge in [0.1, 0.15) is 5.75 Å². The number of aromatic hydroxyl groups is 1. The monoisotopic (exact) mass is 188 g/mol. The van der Waals surface area contributed by atoms with Crippen LogP contribution in [0.25, 0.3) is 0 Å². The summed E-state index contributed by atoms with van der Waals surface area (Å²) in [5, 5.41) is 9.80. The molecule has 2 bridgehead atoms. The van der Waals surface area contributed by atoms with Gasteiger partial charge < -0.3 is 5.11 Å². The second-order valence-corrected chi connectivity index (χ2v) is 4.84. The van der Waals surface area contributed by atoms with Gasteiger partial charge in [-0.25, -0.2) is 0 Å². The Labute approximate surface area is 84.8 Å². The number of fused-ring (bicyclic) bond motifs is 2. The predicted molar refractivity (Wildman–Crippen MR) is 56.3 cm³/mol. The molecule has 14 heavy (non-hydrogen) atoms. The smallest absolute Gasteiger partial charge is 0.119 e. The van der Waals surface area contributed by atoms with Crippen molar-refractivity contribution in [1.82, 2.24) is 0 Å². The highest BCUT2D eigenvalue weighted by Crippen LogP contribution is 2.54. The highest BCUT2D eigenvalue weighted by Gasteiger charge is 2.40. The van der Waals surface area contributed by atoms with Crippen molar-refractivity contribution in [3.8, 4) is 5.75 Å². The minimum absolute atomic E-state index is 0.505. The minimum Gasteiger partial charge on any atom is -0.508 e. The average molecular weight is 188 g/mol. The Morgan fingerprint density at radius 1 is 1.07 bits per heavy atom. The number of rotatable bonds is 1. The van der Waals surface area contributed by atoms with Gasteiger partial charge in [-0.3, -0.25) is 0 Å². The van der Waals surface area contributed by atoms with Crippen LogP contribution >= 0.6 is 0 Å². The highest BCUT2D eigenvalue weighted by molar-refractivity contribution is 5.36. The van der Waals surface area contributed by atoms with Gasteiger partial charge in [0.2, 0.25) is 0 Å². The summed E-state index contributed by atoms with van der Waals surface area (Å²) >= 11 is 0. The lowest BCUT2D eigenvalue weighted by Gasteiger charge is -2.22. The second kappa shape index (κ2) is 3.01. The summed E-state index contributed by atoms with van der Waals surface area (Å²) in [6.45, 7) is 0. The Morgan fingerprint density at radius 2 is 1.93 bits per heavy atom. The summed E-state index contributed by atoms with van der Waals surface area (Å²) in [6.07, 6.45) is 5.51. The highest BCUT2D eigenvalue weighted by atomic mass is 16.3. The van der Waals surface area contributed by atoms with Crippen LogP contribution in [0.5, 0.6) is 5.75 Å². The van der Waals surface area contributed by atoms with E-state index in [4.69, 9.17) is 0 Å². The van der Waals surface area contributed by atoms with E-state index in [-0.39, 0.29) is 0 Å². The van der Waals surface area contributed by atoms with Gasteiger partial charge in [0.15, 0.2) is 0 Å². The molecule has 0 amide bonds. The zero-order valence-corrected chi connectivity index (χ0v) is 8.32. The van der Waals surface area contributed by atoms with Gasteiger partial charge in [0.25, 0.3) is 0 Å². The lowest BCUT2D eigenvalue weighted by molar-refractivity contribution is 0.397. The largest absolute Gasteiger partial charge is 0.508 e. The number of hydrogen-bond donors (Lipinski definition) is 1. The van der Waals surface area contributed by atoms with E-state index < -0.39 is 0 Å². The second-order valence-electron chi connectivity index (χ2n) is 4.84. The van der Waals surface area contributed by atoms with E-state index in [0.29, 0.717) is 11.7 Å². The maximum atomic E-state index is 9.80. The molecule has 2 saturated carbocycles. The van der Waals surface area contributed by atoms with Crippen LogP contribution < -0.4 is 0 Å². The van der Waals surface area contributed by atoms with Gasteiger partial charge in [-0.1, -0.05) is 24.6 Å². The van der Waals surface area contributed by atoms with E-state index in [1.807, 2.05) is 18.2 Å². The topological polar surface area (TPSA) is 20.2 Å². The summed E-state index contributed by atoms with van der Waals surface area (Å²) in [4.78, 5) is 0. The molecule has 1 nitrogen and oxygen atoms in total. The molecule has 1 aromatic rings. The van der Waals surface area contributed by atoms with E-state index in [2.05, 4.69) is 6.07 Å². The van der Waals surface area contributed by atoms with Crippen LogP contribution in [-0.2, 0) is 0 Å². The van der Waals surface area contributed by atoms with E-state index >= 15 is 0 Å². The number of para-hydroxylation sites is 1. The molecule has 0 saturated heterocycles. The van der Waals surface area contributed by atoms with E-state index in [1.54, 1.807) is 0 Å². The summed E-state index contributed by atoms with van der Waals surface area (Å²) < 4.78 is 0. The maximum Gasteiger partial charge on any atom is 0.119 e. The molecule has 0 unspecified atom stereocenters. The third-order valence-corrected chi connectivity index (χ3v) is 4.07. The third kappa shape index (κ3) is 1.15. The van der Waals surface area contributed by atoms with Gasteiger partial charge >= 0.3 is 0 Å². The van der Waals surface area contributed by atoms with Crippen LogP contribution in [-0.4, -0.2) is 5.11 Å². The molecule has 0 spiro atoms. The summed E-state index contributed by atoms with van der Waals surface area (Å²) in [5.74, 6) is 2.96. The van der Waals surface area contributed by atoms with Crippen molar-refractivity contribution < 1.29 is 5.11 Å². The van der Waals surface area contributed by atoms with Gasteiger partial charge in [-0.05, 0) is 48.6 Å². The molecule has 1 N–H and O–H groups in total. The Hall–Kier alpha value is -0.980.